The van der Waals surface area contributed by atoms with E-state index in [1.54, 1.807) is 24.3 Å². The van der Waals surface area contributed by atoms with Crippen molar-refractivity contribution >= 4 is 38.4 Å². The van der Waals surface area contributed by atoms with E-state index in [4.69, 9.17) is 5.11 Å². The van der Waals surface area contributed by atoms with Crippen LogP contribution in [0.3, 0.4) is 0 Å². The Morgan fingerprint density at radius 1 is 0.969 bits per heavy atom. The second kappa shape index (κ2) is 8.60. The number of amides is 1. The van der Waals surface area contributed by atoms with Crippen molar-refractivity contribution in [3.63, 3.8) is 0 Å². The van der Waals surface area contributed by atoms with E-state index in [1.807, 2.05) is 0 Å². The number of alkyl halides is 3. The standard InChI is InChI=1S/C21H17F3N2O5S/c1-26(32(30,31)21(22,23)24)12-13-5-6-15-10-16(8-7-14(15)9-13)19(27)25-18-4-2-3-17(11-18)20(28)29/h2-11H,12H2,1H3,(H,25,27)(H,28,29). The Kier molecular flexibility index (Phi) is 6.24. The summed E-state index contributed by atoms with van der Waals surface area (Å²) >= 11 is 0. The van der Waals surface area contributed by atoms with Gasteiger partial charge in [0.05, 0.1) is 5.56 Å². The Labute approximate surface area is 181 Å². The first-order chi connectivity index (χ1) is 14.9. The van der Waals surface area contributed by atoms with Crippen LogP contribution in [0, 0.1) is 0 Å². The van der Waals surface area contributed by atoms with Gasteiger partial charge in [-0.2, -0.15) is 17.5 Å². The van der Waals surface area contributed by atoms with Crippen molar-refractivity contribution in [1.82, 2.24) is 4.31 Å². The molecule has 32 heavy (non-hydrogen) atoms. The third-order valence-electron chi connectivity index (χ3n) is 4.64. The van der Waals surface area contributed by atoms with Gasteiger partial charge in [0.1, 0.15) is 0 Å². The summed E-state index contributed by atoms with van der Waals surface area (Å²) in [4.78, 5) is 23.6. The molecule has 0 aliphatic carbocycles. The maximum absolute atomic E-state index is 12.7. The topological polar surface area (TPSA) is 104 Å². The molecule has 0 radical (unpaired) electrons. The number of anilines is 1. The number of aromatic carboxylic acids is 1. The largest absolute Gasteiger partial charge is 0.511 e. The van der Waals surface area contributed by atoms with Gasteiger partial charge in [-0.3, -0.25) is 4.79 Å². The Morgan fingerprint density at radius 2 is 1.62 bits per heavy atom. The second-order valence-corrected chi connectivity index (χ2v) is 8.98. The van der Waals surface area contributed by atoms with Crippen LogP contribution in [-0.4, -0.2) is 42.3 Å². The Balaban J connectivity index is 1.79. The Bertz CT molecular complexity index is 1310. The molecule has 0 bridgehead atoms. The lowest BCUT2D eigenvalue weighted by molar-refractivity contribution is -0.0484. The van der Waals surface area contributed by atoms with Crippen LogP contribution in [-0.2, 0) is 16.6 Å². The average molecular weight is 466 g/mol. The van der Waals surface area contributed by atoms with Gasteiger partial charge in [0, 0.05) is 24.8 Å². The molecule has 0 atom stereocenters. The molecule has 0 aliphatic heterocycles. The zero-order valence-electron chi connectivity index (χ0n) is 16.6. The first-order valence-corrected chi connectivity index (χ1v) is 10.5. The van der Waals surface area contributed by atoms with Crippen LogP contribution >= 0.6 is 0 Å². The monoisotopic (exact) mass is 466 g/mol. The summed E-state index contributed by atoms with van der Waals surface area (Å²) in [6, 6.07) is 15.0. The van der Waals surface area contributed by atoms with Gasteiger partial charge in [-0.1, -0.05) is 24.3 Å². The molecule has 3 rings (SSSR count). The molecule has 0 heterocycles. The third kappa shape index (κ3) is 4.89. The number of nitrogens with one attached hydrogen (secondary N) is 1. The molecule has 0 unspecified atom stereocenters. The molecule has 3 aromatic carbocycles. The highest BCUT2D eigenvalue weighted by molar-refractivity contribution is 7.89. The number of carboxylic acid groups (broad SMARTS) is 1. The number of hydrogen-bond acceptors (Lipinski definition) is 4. The van der Waals surface area contributed by atoms with Crippen molar-refractivity contribution in [2.24, 2.45) is 0 Å². The van der Waals surface area contributed by atoms with Crippen LogP contribution in [0.5, 0.6) is 0 Å². The first kappa shape index (κ1) is 23.2. The molecule has 0 spiro atoms. The summed E-state index contributed by atoms with van der Waals surface area (Å²) in [6.07, 6.45) is 0. The maximum Gasteiger partial charge on any atom is 0.511 e. The molecule has 0 aromatic heterocycles. The number of benzene rings is 3. The van der Waals surface area contributed by atoms with Gasteiger partial charge in [0.25, 0.3) is 5.91 Å². The molecule has 168 valence electrons. The lowest BCUT2D eigenvalue weighted by atomic mass is 10.0. The number of halogens is 3. The minimum Gasteiger partial charge on any atom is -0.478 e. The van der Waals surface area contributed by atoms with E-state index < -0.39 is 34.0 Å². The molecular weight excluding hydrogens is 449 g/mol. The molecule has 7 nitrogen and oxygen atoms in total. The number of carboxylic acids is 1. The minimum atomic E-state index is -5.44. The van der Waals surface area contributed by atoms with E-state index >= 15 is 0 Å². The van der Waals surface area contributed by atoms with Crippen molar-refractivity contribution in [2.45, 2.75) is 12.1 Å². The predicted octanol–water partition coefficient (Wildman–Crippen LogP) is 4.07. The predicted molar refractivity (Wildman–Crippen MR) is 112 cm³/mol. The normalized spacial score (nSPS) is 12.2. The molecule has 1 amide bonds. The van der Waals surface area contributed by atoms with Crippen LogP contribution in [0.1, 0.15) is 26.3 Å². The lowest BCUT2D eigenvalue weighted by Crippen LogP contribution is -2.37. The van der Waals surface area contributed by atoms with E-state index in [0.717, 1.165) is 7.05 Å². The zero-order valence-corrected chi connectivity index (χ0v) is 17.4. The van der Waals surface area contributed by atoms with Crippen molar-refractivity contribution in [2.75, 3.05) is 12.4 Å². The third-order valence-corrected chi connectivity index (χ3v) is 6.18. The van der Waals surface area contributed by atoms with Crippen LogP contribution in [0.4, 0.5) is 18.9 Å². The zero-order chi connectivity index (χ0) is 23.7. The molecule has 0 fully saturated rings. The van der Waals surface area contributed by atoms with Gasteiger partial charge in [-0.25, -0.2) is 13.2 Å². The molecule has 0 saturated heterocycles. The van der Waals surface area contributed by atoms with Crippen LogP contribution in [0.15, 0.2) is 60.7 Å². The smallest absolute Gasteiger partial charge is 0.478 e. The highest BCUT2D eigenvalue weighted by atomic mass is 32.2. The Hall–Kier alpha value is -3.44. The van der Waals surface area contributed by atoms with Gasteiger partial charge >= 0.3 is 21.5 Å². The molecule has 0 saturated carbocycles. The summed E-state index contributed by atoms with van der Waals surface area (Å²) in [5, 5.41) is 12.9. The number of carbonyl (C=O) groups is 2. The number of hydrogen-bond donors (Lipinski definition) is 2. The van der Waals surface area contributed by atoms with E-state index in [2.05, 4.69) is 5.32 Å². The fraction of sp³-hybridized carbons (Fsp3) is 0.143. The quantitative estimate of drug-likeness (QED) is 0.570. The average Bonchev–Trinajstić information content (AvgIpc) is 2.72. The number of fused-ring (bicyclic) bond motifs is 1. The van der Waals surface area contributed by atoms with E-state index in [1.165, 1.54) is 36.4 Å². The highest BCUT2D eigenvalue weighted by Crippen LogP contribution is 2.27. The van der Waals surface area contributed by atoms with Gasteiger partial charge < -0.3 is 10.4 Å². The molecule has 0 aliphatic rings. The fourth-order valence-electron chi connectivity index (χ4n) is 2.99. The molecule has 3 aromatic rings. The molecule has 2 N–H and O–H groups in total. The number of carbonyl (C=O) groups excluding carboxylic acids is 1. The van der Waals surface area contributed by atoms with Crippen molar-refractivity contribution in [1.29, 1.82) is 0 Å². The second-order valence-electron chi connectivity index (χ2n) is 6.94. The molecule has 11 heteroatoms. The van der Waals surface area contributed by atoms with Crippen molar-refractivity contribution < 1.29 is 36.3 Å². The summed E-state index contributed by atoms with van der Waals surface area (Å²) in [5.41, 5.74) is -4.44. The molecular formula is C21H17F3N2O5S. The lowest BCUT2D eigenvalue weighted by Gasteiger charge is -2.19. The van der Waals surface area contributed by atoms with Gasteiger partial charge in [-0.05, 0) is 52.7 Å². The van der Waals surface area contributed by atoms with E-state index in [0.29, 0.717) is 22.0 Å². The maximum atomic E-state index is 12.7. The van der Waals surface area contributed by atoms with Gasteiger partial charge in [0.2, 0.25) is 0 Å². The van der Waals surface area contributed by atoms with Crippen molar-refractivity contribution in [3.8, 4) is 0 Å². The minimum absolute atomic E-state index is 0.0198. The van der Waals surface area contributed by atoms with Crippen LogP contribution < -0.4 is 5.32 Å². The fourth-order valence-corrected chi connectivity index (χ4v) is 3.66. The number of rotatable bonds is 6. The SMILES string of the molecule is CN(Cc1ccc2cc(C(=O)Nc3cccc(C(=O)O)c3)ccc2c1)S(=O)(=O)C(F)(F)F. The first-order valence-electron chi connectivity index (χ1n) is 9.08. The summed E-state index contributed by atoms with van der Waals surface area (Å²) in [5.74, 6) is -1.61. The number of sulfonamides is 1. The van der Waals surface area contributed by atoms with E-state index in [-0.39, 0.29) is 15.4 Å². The van der Waals surface area contributed by atoms with Crippen LogP contribution in [0.2, 0.25) is 0 Å². The van der Waals surface area contributed by atoms with Gasteiger partial charge in [-0.15, -0.1) is 0 Å². The van der Waals surface area contributed by atoms with Crippen LogP contribution in [0.25, 0.3) is 10.8 Å². The summed E-state index contributed by atoms with van der Waals surface area (Å²) < 4.78 is 61.2. The Morgan fingerprint density at radius 3 is 2.28 bits per heavy atom. The van der Waals surface area contributed by atoms with Gasteiger partial charge in [0.15, 0.2) is 0 Å². The summed E-state index contributed by atoms with van der Waals surface area (Å²) in [6.45, 7) is -0.472. The van der Waals surface area contributed by atoms with E-state index in [9.17, 15) is 31.2 Å². The number of nitrogens with zero attached hydrogens (tertiary/aromatic N) is 1. The highest BCUT2D eigenvalue weighted by Gasteiger charge is 2.48. The summed E-state index contributed by atoms with van der Waals surface area (Å²) in [7, 11) is -4.59. The van der Waals surface area contributed by atoms with Crippen molar-refractivity contribution in [3.05, 3.63) is 77.4 Å².